The first kappa shape index (κ1) is 11.5. The Morgan fingerprint density at radius 2 is 2.24 bits per heavy atom. The number of esters is 1. The lowest BCUT2D eigenvalue weighted by Crippen LogP contribution is -2.50. The van der Waals surface area contributed by atoms with Gasteiger partial charge in [-0.05, 0) is 17.3 Å². The van der Waals surface area contributed by atoms with E-state index in [1.54, 1.807) is 17.0 Å². The van der Waals surface area contributed by atoms with Crippen LogP contribution in [-0.2, 0) is 4.74 Å². The number of nitroso groups, excluding NO2 is 1. The molecule has 1 aromatic rings. The van der Waals surface area contributed by atoms with Crippen LogP contribution in [0.5, 0.6) is 0 Å². The van der Waals surface area contributed by atoms with Gasteiger partial charge in [-0.1, -0.05) is 6.07 Å². The predicted octanol–water partition coefficient (Wildman–Crippen LogP) is 1.05. The number of carbonyl (C=O) groups is 1. The summed E-state index contributed by atoms with van der Waals surface area (Å²) in [5.74, 6) is -0.595. The van der Waals surface area contributed by atoms with Gasteiger partial charge in [0.25, 0.3) is 0 Å². The number of aliphatic hydroxyl groups is 1. The molecule has 1 aliphatic rings. The number of hydrogen-bond donors (Lipinski definition) is 1. The largest absolute Gasteiger partial charge is 0.465 e. The minimum Gasteiger partial charge on any atom is -0.465 e. The van der Waals surface area contributed by atoms with Gasteiger partial charge in [0.1, 0.15) is 5.69 Å². The van der Waals surface area contributed by atoms with Gasteiger partial charge in [-0.25, -0.2) is 4.79 Å². The first-order valence-electron chi connectivity index (χ1n) is 5.15. The maximum atomic E-state index is 11.4. The normalized spacial score (nSPS) is 15.3. The molecule has 2 rings (SSSR count). The molecule has 1 aliphatic heterocycles. The van der Waals surface area contributed by atoms with E-state index in [1.807, 2.05) is 0 Å². The first-order valence-corrected chi connectivity index (χ1v) is 5.15. The number of rotatable bonds is 3. The molecule has 0 aliphatic carbocycles. The van der Waals surface area contributed by atoms with E-state index in [2.05, 4.69) is 9.91 Å². The van der Waals surface area contributed by atoms with Gasteiger partial charge in [0.2, 0.25) is 0 Å². The predicted molar refractivity (Wildman–Crippen MR) is 61.5 cm³/mol. The topological polar surface area (TPSA) is 79.2 Å². The Morgan fingerprint density at radius 3 is 2.76 bits per heavy atom. The molecule has 6 heteroatoms. The van der Waals surface area contributed by atoms with Crippen molar-refractivity contribution >= 4 is 17.3 Å². The summed E-state index contributed by atoms with van der Waals surface area (Å²) in [4.78, 5) is 24.1. The second kappa shape index (κ2) is 4.50. The van der Waals surface area contributed by atoms with Crippen LogP contribution in [0.2, 0.25) is 0 Å². The molecule has 0 spiro atoms. The minimum absolute atomic E-state index is 0.0613. The van der Waals surface area contributed by atoms with Gasteiger partial charge in [-0.2, -0.15) is 0 Å². The third-order valence-corrected chi connectivity index (χ3v) is 2.71. The zero-order valence-electron chi connectivity index (χ0n) is 9.29. The smallest absolute Gasteiger partial charge is 0.340 e. The van der Waals surface area contributed by atoms with Crippen molar-refractivity contribution in [2.24, 2.45) is 5.18 Å². The van der Waals surface area contributed by atoms with Gasteiger partial charge >= 0.3 is 5.97 Å². The second-order valence-electron chi connectivity index (χ2n) is 3.81. The molecule has 17 heavy (non-hydrogen) atoms. The Labute approximate surface area is 97.8 Å². The summed E-state index contributed by atoms with van der Waals surface area (Å²) in [6.45, 7) is 0.875. The molecule has 1 N–H and O–H groups in total. The van der Waals surface area contributed by atoms with Crippen LogP contribution in [0, 0.1) is 4.91 Å². The lowest BCUT2D eigenvalue weighted by Gasteiger charge is -2.38. The number of carbonyl (C=O) groups excluding carboxylic acids is 1. The molecule has 90 valence electrons. The molecule has 6 nitrogen and oxygen atoms in total. The molecule has 1 aromatic carbocycles. The van der Waals surface area contributed by atoms with Crippen LogP contribution in [0.4, 0.5) is 11.4 Å². The van der Waals surface area contributed by atoms with Gasteiger partial charge in [0.15, 0.2) is 0 Å². The Balaban J connectivity index is 2.39. The Kier molecular flexibility index (Phi) is 3.06. The van der Waals surface area contributed by atoms with Gasteiger partial charge < -0.3 is 14.7 Å². The highest BCUT2D eigenvalue weighted by atomic mass is 16.5. The number of hydrogen-bond acceptors (Lipinski definition) is 6. The SMILES string of the molecule is COC(=O)c1cccc(N2CC(O)C2)c1N=O. The monoisotopic (exact) mass is 236 g/mol. The van der Waals surface area contributed by atoms with Gasteiger partial charge in [-0.3, -0.25) is 0 Å². The highest BCUT2D eigenvalue weighted by Crippen LogP contribution is 2.35. The molecular weight excluding hydrogens is 224 g/mol. The van der Waals surface area contributed by atoms with Crippen molar-refractivity contribution in [3.63, 3.8) is 0 Å². The summed E-state index contributed by atoms with van der Waals surface area (Å²) in [6, 6.07) is 4.83. The van der Waals surface area contributed by atoms with Gasteiger partial charge in [0, 0.05) is 13.1 Å². The number of β-amino-alcohol motifs (C(OH)–C–C–N with tert-alkyl or cyclic N) is 1. The number of ether oxygens (including phenoxy) is 1. The Bertz CT molecular complexity index is 455. The number of nitrogens with zero attached hydrogens (tertiary/aromatic N) is 2. The van der Waals surface area contributed by atoms with Gasteiger partial charge in [-0.15, -0.1) is 4.91 Å². The molecule has 0 unspecified atom stereocenters. The summed E-state index contributed by atoms with van der Waals surface area (Å²) < 4.78 is 4.58. The molecule has 0 bridgehead atoms. The lowest BCUT2D eigenvalue weighted by atomic mass is 10.1. The zero-order valence-corrected chi connectivity index (χ0v) is 9.29. The van der Waals surface area contributed by atoms with Crippen LogP contribution in [0.1, 0.15) is 10.4 Å². The molecule has 0 radical (unpaired) electrons. The number of aliphatic hydroxyl groups excluding tert-OH is 1. The van der Waals surface area contributed by atoms with E-state index in [-0.39, 0.29) is 11.3 Å². The van der Waals surface area contributed by atoms with Crippen molar-refractivity contribution < 1.29 is 14.6 Å². The fourth-order valence-electron chi connectivity index (χ4n) is 1.81. The standard InChI is InChI=1S/C11H12N2O4/c1-17-11(15)8-3-2-4-9(10(8)12-16)13-5-7(14)6-13/h2-4,7,14H,5-6H2,1H3. The van der Waals surface area contributed by atoms with E-state index in [0.29, 0.717) is 18.8 Å². The highest BCUT2D eigenvalue weighted by Gasteiger charge is 2.28. The van der Waals surface area contributed by atoms with Crippen molar-refractivity contribution in [1.82, 2.24) is 0 Å². The van der Waals surface area contributed by atoms with Crippen LogP contribution in [0.25, 0.3) is 0 Å². The van der Waals surface area contributed by atoms with Crippen molar-refractivity contribution in [3.05, 3.63) is 28.7 Å². The molecule has 0 amide bonds. The van der Waals surface area contributed by atoms with E-state index in [9.17, 15) is 14.8 Å². The Morgan fingerprint density at radius 1 is 1.53 bits per heavy atom. The van der Waals surface area contributed by atoms with E-state index < -0.39 is 12.1 Å². The van der Waals surface area contributed by atoms with E-state index >= 15 is 0 Å². The third kappa shape index (κ3) is 1.99. The van der Waals surface area contributed by atoms with Crippen LogP contribution in [0.15, 0.2) is 23.4 Å². The number of benzene rings is 1. The fourth-order valence-corrected chi connectivity index (χ4v) is 1.81. The van der Waals surface area contributed by atoms with Crippen LogP contribution in [0.3, 0.4) is 0 Å². The molecule has 0 aromatic heterocycles. The maximum absolute atomic E-state index is 11.4. The number of anilines is 1. The average Bonchev–Trinajstić information content (AvgIpc) is 2.33. The molecule has 1 fully saturated rings. The first-order chi connectivity index (χ1) is 8.17. The highest BCUT2D eigenvalue weighted by molar-refractivity contribution is 5.98. The molecule has 0 saturated carbocycles. The summed E-state index contributed by atoms with van der Waals surface area (Å²) in [5, 5.41) is 12.1. The fraction of sp³-hybridized carbons (Fsp3) is 0.364. The second-order valence-corrected chi connectivity index (χ2v) is 3.81. The van der Waals surface area contributed by atoms with E-state index in [0.717, 1.165) is 0 Å². The van der Waals surface area contributed by atoms with Crippen molar-refractivity contribution in [1.29, 1.82) is 0 Å². The van der Waals surface area contributed by atoms with Gasteiger partial charge in [0.05, 0.1) is 24.5 Å². The summed E-state index contributed by atoms with van der Waals surface area (Å²) in [5.41, 5.74) is 0.751. The van der Waals surface area contributed by atoms with Crippen molar-refractivity contribution in [2.45, 2.75) is 6.10 Å². The maximum Gasteiger partial charge on any atom is 0.340 e. The van der Waals surface area contributed by atoms with Crippen LogP contribution in [-0.4, -0.2) is 37.4 Å². The number of methoxy groups -OCH3 is 1. The molecule has 0 atom stereocenters. The summed E-state index contributed by atoms with van der Waals surface area (Å²) >= 11 is 0. The molecular formula is C11H12N2O4. The summed E-state index contributed by atoms with van der Waals surface area (Å²) in [7, 11) is 1.25. The van der Waals surface area contributed by atoms with E-state index in [4.69, 9.17) is 0 Å². The van der Waals surface area contributed by atoms with Crippen LogP contribution < -0.4 is 4.90 Å². The molecule has 1 saturated heterocycles. The third-order valence-electron chi connectivity index (χ3n) is 2.71. The quantitative estimate of drug-likeness (QED) is 0.626. The minimum atomic E-state index is -0.595. The van der Waals surface area contributed by atoms with E-state index in [1.165, 1.54) is 13.2 Å². The van der Waals surface area contributed by atoms with Crippen molar-refractivity contribution in [3.8, 4) is 0 Å². The van der Waals surface area contributed by atoms with Crippen molar-refractivity contribution in [2.75, 3.05) is 25.1 Å². The zero-order chi connectivity index (χ0) is 12.4. The Hall–Kier alpha value is -1.95. The molecule has 1 heterocycles. The average molecular weight is 236 g/mol. The lowest BCUT2D eigenvalue weighted by molar-refractivity contribution is 0.0601. The summed E-state index contributed by atoms with van der Waals surface area (Å²) in [6.07, 6.45) is -0.392. The van der Waals surface area contributed by atoms with Crippen LogP contribution >= 0.6 is 0 Å².